The van der Waals surface area contributed by atoms with E-state index in [9.17, 15) is 0 Å². The number of allylic oxidation sites excluding steroid dienone is 7. The Balaban J connectivity index is 1.94. The number of benzene rings is 1. The lowest BCUT2D eigenvalue weighted by Crippen LogP contribution is -1.88. The van der Waals surface area contributed by atoms with Crippen LogP contribution in [-0.4, -0.2) is 0 Å². The van der Waals surface area contributed by atoms with Gasteiger partial charge in [-0.1, -0.05) is 73.7 Å². The maximum Gasteiger partial charge on any atom is -0.0163 e. The second-order valence-electron chi connectivity index (χ2n) is 5.34. The lowest BCUT2D eigenvalue weighted by molar-refractivity contribution is 0.790. The summed E-state index contributed by atoms with van der Waals surface area (Å²) in [6.07, 6.45) is 16.6. The van der Waals surface area contributed by atoms with E-state index in [-0.39, 0.29) is 0 Å². The lowest BCUT2D eigenvalue weighted by Gasteiger charge is -2.06. The van der Waals surface area contributed by atoms with Gasteiger partial charge in [-0.3, -0.25) is 0 Å². The quantitative estimate of drug-likeness (QED) is 0.563. The third-order valence-electron chi connectivity index (χ3n) is 3.76. The summed E-state index contributed by atoms with van der Waals surface area (Å²) in [6.45, 7) is 6.25. The molecule has 1 aliphatic rings. The van der Waals surface area contributed by atoms with E-state index in [0.29, 0.717) is 0 Å². The molecule has 0 N–H and O–H groups in total. The topological polar surface area (TPSA) is 0 Å². The van der Waals surface area contributed by atoms with Crippen LogP contribution in [0.15, 0.2) is 66.8 Å². The molecular formula is C20H24. The highest BCUT2D eigenvalue weighted by atomic mass is 14.1. The van der Waals surface area contributed by atoms with Crippen molar-refractivity contribution in [2.24, 2.45) is 0 Å². The third kappa shape index (κ3) is 4.38. The van der Waals surface area contributed by atoms with Gasteiger partial charge in [-0.25, -0.2) is 0 Å². The summed E-state index contributed by atoms with van der Waals surface area (Å²) < 4.78 is 0. The van der Waals surface area contributed by atoms with Gasteiger partial charge in [0.1, 0.15) is 0 Å². The Morgan fingerprint density at radius 3 is 2.70 bits per heavy atom. The van der Waals surface area contributed by atoms with Crippen molar-refractivity contribution in [2.75, 3.05) is 0 Å². The predicted molar refractivity (Wildman–Crippen MR) is 89.7 cm³/mol. The molecule has 104 valence electrons. The molecular weight excluding hydrogens is 240 g/mol. The Bertz CT molecular complexity index is 524. The Morgan fingerprint density at radius 1 is 1.15 bits per heavy atom. The minimum atomic E-state index is 1.03. The monoisotopic (exact) mass is 264 g/mol. The molecule has 20 heavy (non-hydrogen) atoms. The average molecular weight is 264 g/mol. The molecule has 0 bridgehead atoms. The van der Waals surface area contributed by atoms with Crippen molar-refractivity contribution in [2.45, 2.75) is 39.0 Å². The molecule has 1 aromatic rings. The zero-order chi connectivity index (χ0) is 14.2. The summed E-state index contributed by atoms with van der Waals surface area (Å²) in [5.74, 6) is 0. The van der Waals surface area contributed by atoms with Gasteiger partial charge in [-0.15, -0.1) is 0 Å². The average Bonchev–Trinajstić information content (AvgIpc) is 2.77. The van der Waals surface area contributed by atoms with Crippen LogP contribution in [0.3, 0.4) is 0 Å². The van der Waals surface area contributed by atoms with Crippen LogP contribution in [0, 0.1) is 0 Å². The molecule has 0 saturated carbocycles. The highest BCUT2D eigenvalue weighted by Gasteiger charge is 2.00. The van der Waals surface area contributed by atoms with Gasteiger partial charge in [-0.05, 0) is 48.8 Å². The van der Waals surface area contributed by atoms with Crippen LogP contribution in [0.1, 0.15) is 43.7 Å². The standard InChI is InChI=1S/C20H24/c1-3-17(2)9-8-10-18-13-15-20(16-14-18)19-11-6-4-5-7-12-19/h4,6-7,11-16H,2-3,5,8-10H2,1H3. The van der Waals surface area contributed by atoms with E-state index in [2.05, 4.69) is 68.1 Å². The summed E-state index contributed by atoms with van der Waals surface area (Å²) in [7, 11) is 0. The van der Waals surface area contributed by atoms with Gasteiger partial charge >= 0.3 is 0 Å². The van der Waals surface area contributed by atoms with E-state index in [1.165, 1.54) is 28.7 Å². The van der Waals surface area contributed by atoms with E-state index >= 15 is 0 Å². The smallest absolute Gasteiger partial charge is 0.0163 e. The SMILES string of the molecule is C=C(CC)CCCc1ccc(C2=CC=CCC=C2)cc1. The molecule has 0 radical (unpaired) electrons. The van der Waals surface area contributed by atoms with Gasteiger partial charge in [-0.2, -0.15) is 0 Å². The minimum absolute atomic E-state index is 1.03. The molecule has 0 heterocycles. The molecule has 0 fully saturated rings. The summed E-state index contributed by atoms with van der Waals surface area (Å²) in [6, 6.07) is 8.99. The van der Waals surface area contributed by atoms with Crippen LogP contribution in [0.4, 0.5) is 0 Å². The van der Waals surface area contributed by atoms with Gasteiger partial charge in [0.25, 0.3) is 0 Å². The molecule has 1 aliphatic carbocycles. The molecule has 0 aliphatic heterocycles. The van der Waals surface area contributed by atoms with Crippen LogP contribution in [0.5, 0.6) is 0 Å². The second kappa shape index (κ2) is 7.69. The molecule has 0 heteroatoms. The molecule has 0 saturated heterocycles. The number of rotatable bonds is 6. The van der Waals surface area contributed by atoms with Crippen LogP contribution < -0.4 is 0 Å². The number of hydrogen-bond acceptors (Lipinski definition) is 0. The highest BCUT2D eigenvalue weighted by molar-refractivity contribution is 5.75. The fraction of sp³-hybridized carbons (Fsp3) is 0.300. The van der Waals surface area contributed by atoms with Crippen molar-refractivity contribution >= 4 is 5.57 Å². The van der Waals surface area contributed by atoms with E-state index < -0.39 is 0 Å². The van der Waals surface area contributed by atoms with Crippen molar-refractivity contribution in [3.8, 4) is 0 Å². The van der Waals surface area contributed by atoms with Gasteiger partial charge in [0.2, 0.25) is 0 Å². The van der Waals surface area contributed by atoms with E-state index in [1.807, 2.05) is 0 Å². The molecule has 0 atom stereocenters. The second-order valence-corrected chi connectivity index (χ2v) is 5.34. The van der Waals surface area contributed by atoms with Crippen molar-refractivity contribution in [3.05, 3.63) is 77.9 Å². The van der Waals surface area contributed by atoms with Gasteiger partial charge in [0.15, 0.2) is 0 Å². The van der Waals surface area contributed by atoms with Crippen LogP contribution in [-0.2, 0) is 6.42 Å². The largest absolute Gasteiger partial charge is 0.0999 e. The minimum Gasteiger partial charge on any atom is -0.0999 e. The zero-order valence-corrected chi connectivity index (χ0v) is 12.4. The molecule has 1 aromatic carbocycles. The molecule has 0 unspecified atom stereocenters. The van der Waals surface area contributed by atoms with Crippen molar-refractivity contribution in [1.29, 1.82) is 0 Å². The predicted octanol–water partition coefficient (Wildman–Crippen LogP) is 5.88. The maximum absolute atomic E-state index is 4.07. The molecule has 0 aromatic heterocycles. The number of hydrogen-bond donors (Lipinski definition) is 0. The van der Waals surface area contributed by atoms with Crippen LogP contribution in [0.2, 0.25) is 0 Å². The van der Waals surface area contributed by atoms with E-state index in [4.69, 9.17) is 0 Å². The van der Waals surface area contributed by atoms with Gasteiger partial charge in [0.05, 0.1) is 0 Å². The number of aryl methyl sites for hydroxylation is 1. The fourth-order valence-electron chi connectivity index (χ4n) is 2.36. The lowest BCUT2D eigenvalue weighted by atomic mass is 10.00. The Morgan fingerprint density at radius 2 is 1.95 bits per heavy atom. The van der Waals surface area contributed by atoms with E-state index in [1.54, 1.807) is 0 Å². The maximum atomic E-state index is 4.07. The van der Waals surface area contributed by atoms with Crippen LogP contribution in [0.25, 0.3) is 5.57 Å². The first-order chi connectivity index (χ1) is 9.79. The van der Waals surface area contributed by atoms with Crippen molar-refractivity contribution in [3.63, 3.8) is 0 Å². The van der Waals surface area contributed by atoms with Gasteiger partial charge < -0.3 is 0 Å². The fourth-order valence-corrected chi connectivity index (χ4v) is 2.36. The van der Waals surface area contributed by atoms with Crippen molar-refractivity contribution < 1.29 is 0 Å². The van der Waals surface area contributed by atoms with Gasteiger partial charge in [0, 0.05) is 0 Å². The van der Waals surface area contributed by atoms with Crippen LogP contribution >= 0.6 is 0 Å². The molecule has 0 nitrogen and oxygen atoms in total. The highest BCUT2D eigenvalue weighted by Crippen LogP contribution is 2.20. The Hall–Kier alpha value is -1.82. The first-order valence-electron chi connectivity index (χ1n) is 7.59. The summed E-state index contributed by atoms with van der Waals surface area (Å²) >= 11 is 0. The first-order valence-corrected chi connectivity index (χ1v) is 7.59. The first kappa shape index (κ1) is 14.6. The summed E-state index contributed by atoms with van der Waals surface area (Å²) in [5, 5.41) is 0. The summed E-state index contributed by atoms with van der Waals surface area (Å²) in [5.41, 5.74) is 5.38. The normalized spacial score (nSPS) is 13.9. The van der Waals surface area contributed by atoms with Crippen molar-refractivity contribution in [1.82, 2.24) is 0 Å². The molecule has 2 rings (SSSR count). The third-order valence-corrected chi connectivity index (χ3v) is 3.76. The molecule has 0 spiro atoms. The Kier molecular flexibility index (Phi) is 5.61. The Labute approximate surface area is 123 Å². The molecule has 0 amide bonds. The van der Waals surface area contributed by atoms with E-state index in [0.717, 1.165) is 25.7 Å². The summed E-state index contributed by atoms with van der Waals surface area (Å²) in [4.78, 5) is 0. The zero-order valence-electron chi connectivity index (χ0n) is 12.4.